The van der Waals surface area contributed by atoms with Gasteiger partial charge in [0.1, 0.15) is 0 Å². The first-order chi connectivity index (χ1) is 9.24. The van der Waals surface area contributed by atoms with Crippen LogP contribution in [0.5, 0.6) is 0 Å². The summed E-state index contributed by atoms with van der Waals surface area (Å²) in [6.07, 6.45) is 6.08. The maximum absolute atomic E-state index is 12.6. The molecule has 0 bridgehead atoms. The average Bonchev–Trinajstić information content (AvgIpc) is 2.49. The molecule has 0 aromatic heterocycles. The molecule has 1 N–H and O–H groups in total. The van der Waals surface area contributed by atoms with Crippen LogP contribution in [0, 0.1) is 0 Å². The van der Waals surface area contributed by atoms with Gasteiger partial charge < -0.3 is 10.2 Å². The molecule has 0 spiro atoms. The van der Waals surface area contributed by atoms with Gasteiger partial charge in [-0.1, -0.05) is 6.92 Å². The molecule has 2 aliphatic rings. The van der Waals surface area contributed by atoms with Gasteiger partial charge in [0, 0.05) is 25.7 Å². The molecule has 2 rings (SSSR count). The Bertz CT molecular complexity index is 283. The Hall–Kier alpha value is -0.610. The average molecular weight is 267 g/mol. The molecule has 2 atom stereocenters. The summed E-state index contributed by atoms with van der Waals surface area (Å²) in [6.45, 7) is 9.32. The van der Waals surface area contributed by atoms with Crippen molar-refractivity contribution in [2.45, 2.75) is 58.0 Å². The Balaban J connectivity index is 1.94. The summed E-state index contributed by atoms with van der Waals surface area (Å²) in [5, 5.41) is 3.46. The van der Waals surface area contributed by atoms with Crippen LogP contribution in [-0.2, 0) is 4.79 Å². The molecular formula is C15H29N3O. The van der Waals surface area contributed by atoms with E-state index in [2.05, 4.69) is 29.0 Å². The molecule has 2 unspecified atom stereocenters. The minimum absolute atomic E-state index is 0.0352. The zero-order valence-electron chi connectivity index (χ0n) is 12.5. The maximum atomic E-state index is 12.6. The number of rotatable bonds is 4. The number of piperidine rings is 2. The smallest absolute Gasteiger partial charge is 0.239 e. The summed E-state index contributed by atoms with van der Waals surface area (Å²) in [5.74, 6) is 0.340. The van der Waals surface area contributed by atoms with Crippen LogP contribution in [-0.4, -0.2) is 60.5 Å². The Kier molecular flexibility index (Phi) is 5.64. The predicted octanol–water partition coefficient (Wildman–Crippen LogP) is 1.46. The Morgan fingerprint density at radius 2 is 2.05 bits per heavy atom. The molecule has 2 fully saturated rings. The van der Waals surface area contributed by atoms with E-state index in [0.29, 0.717) is 11.9 Å². The van der Waals surface area contributed by atoms with Crippen LogP contribution >= 0.6 is 0 Å². The highest BCUT2D eigenvalue weighted by atomic mass is 16.2. The molecule has 1 amide bonds. The van der Waals surface area contributed by atoms with Crippen LogP contribution in [0.15, 0.2) is 0 Å². The fraction of sp³-hybridized carbons (Fsp3) is 0.933. The van der Waals surface area contributed by atoms with Gasteiger partial charge in [-0.2, -0.15) is 0 Å². The fourth-order valence-corrected chi connectivity index (χ4v) is 3.49. The number of nitrogens with zero attached hydrogens (tertiary/aromatic N) is 2. The first kappa shape index (κ1) is 14.8. The third-order valence-corrected chi connectivity index (χ3v) is 4.63. The van der Waals surface area contributed by atoms with Crippen molar-refractivity contribution in [2.75, 3.05) is 32.7 Å². The van der Waals surface area contributed by atoms with Gasteiger partial charge >= 0.3 is 0 Å². The molecule has 4 nitrogen and oxygen atoms in total. The largest absolute Gasteiger partial charge is 0.341 e. The number of carbonyl (C=O) groups excluding carboxylic acids is 1. The predicted molar refractivity (Wildman–Crippen MR) is 78.2 cm³/mol. The van der Waals surface area contributed by atoms with Crippen molar-refractivity contribution in [2.24, 2.45) is 0 Å². The summed E-state index contributed by atoms with van der Waals surface area (Å²) >= 11 is 0. The van der Waals surface area contributed by atoms with Gasteiger partial charge in [-0.3, -0.25) is 9.69 Å². The van der Waals surface area contributed by atoms with E-state index in [4.69, 9.17) is 0 Å². The number of hydrogen-bond acceptors (Lipinski definition) is 3. The van der Waals surface area contributed by atoms with E-state index in [1.165, 1.54) is 32.1 Å². The highest BCUT2D eigenvalue weighted by molar-refractivity contribution is 5.81. The number of nitrogens with one attached hydrogen (secondary N) is 1. The molecule has 0 saturated carbocycles. The van der Waals surface area contributed by atoms with Crippen LogP contribution in [0.3, 0.4) is 0 Å². The number of likely N-dealkylation sites (N-methyl/N-ethyl adjacent to an activating group) is 1. The molecule has 2 saturated heterocycles. The zero-order chi connectivity index (χ0) is 13.7. The summed E-state index contributed by atoms with van der Waals surface area (Å²) in [6, 6.07) is 0.565. The molecule has 2 heterocycles. The van der Waals surface area contributed by atoms with Crippen molar-refractivity contribution >= 4 is 5.91 Å². The quantitative estimate of drug-likeness (QED) is 0.837. The molecule has 0 aromatic rings. The van der Waals surface area contributed by atoms with Crippen LogP contribution in [0.1, 0.15) is 46.0 Å². The van der Waals surface area contributed by atoms with Crippen molar-refractivity contribution in [3.63, 3.8) is 0 Å². The molecule has 0 aliphatic carbocycles. The Labute approximate surface area is 117 Å². The highest BCUT2D eigenvalue weighted by Gasteiger charge is 2.30. The van der Waals surface area contributed by atoms with Gasteiger partial charge in [-0.25, -0.2) is 0 Å². The fourth-order valence-electron chi connectivity index (χ4n) is 3.49. The van der Waals surface area contributed by atoms with Gasteiger partial charge in [-0.05, 0) is 52.1 Å². The van der Waals surface area contributed by atoms with Gasteiger partial charge in [0.25, 0.3) is 0 Å². The number of carbonyl (C=O) groups is 1. The van der Waals surface area contributed by atoms with E-state index < -0.39 is 0 Å². The van der Waals surface area contributed by atoms with Crippen molar-refractivity contribution in [1.29, 1.82) is 0 Å². The van der Waals surface area contributed by atoms with Crippen LogP contribution < -0.4 is 5.32 Å². The standard InChI is InChI=1S/C15H29N3O/c1-3-18(14-8-7-9-16-12-14)13(2)15(19)17-10-5-4-6-11-17/h13-14,16H,3-12H2,1-2H3. The van der Waals surface area contributed by atoms with Crippen molar-refractivity contribution in [1.82, 2.24) is 15.1 Å². The summed E-state index contributed by atoms with van der Waals surface area (Å²) in [4.78, 5) is 17.1. The minimum atomic E-state index is 0.0352. The van der Waals surface area contributed by atoms with Gasteiger partial charge in [0.05, 0.1) is 6.04 Å². The molecule has 0 aromatic carbocycles. The first-order valence-corrected chi connectivity index (χ1v) is 7.99. The third kappa shape index (κ3) is 3.69. The molecule has 19 heavy (non-hydrogen) atoms. The molecule has 110 valence electrons. The Morgan fingerprint density at radius 3 is 2.63 bits per heavy atom. The zero-order valence-corrected chi connectivity index (χ0v) is 12.5. The SMILES string of the molecule is CCN(C1CCCNC1)C(C)C(=O)N1CCCCC1. The minimum Gasteiger partial charge on any atom is -0.341 e. The summed E-state index contributed by atoms with van der Waals surface area (Å²) in [5.41, 5.74) is 0. The monoisotopic (exact) mass is 267 g/mol. The van der Waals surface area contributed by atoms with Crippen molar-refractivity contribution < 1.29 is 4.79 Å². The van der Waals surface area contributed by atoms with E-state index in [9.17, 15) is 4.79 Å². The number of amides is 1. The van der Waals surface area contributed by atoms with Crippen LogP contribution in [0.2, 0.25) is 0 Å². The van der Waals surface area contributed by atoms with Crippen LogP contribution in [0.4, 0.5) is 0 Å². The molecule has 0 radical (unpaired) electrons. The lowest BCUT2D eigenvalue weighted by atomic mass is 10.0. The second kappa shape index (κ2) is 7.25. The van der Waals surface area contributed by atoms with E-state index in [1.807, 2.05) is 0 Å². The molecular weight excluding hydrogens is 238 g/mol. The van der Waals surface area contributed by atoms with Crippen LogP contribution in [0.25, 0.3) is 0 Å². The highest BCUT2D eigenvalue weighted by Crippen LogP contribution is 2.17. The van der Waals surface area contributed by atoms with Crippen molar-refractivity contribution in [3.05, 3.63) is 0 Å². The molecule has 4 heteroatoms. The Morgan fingerprint density at radius 1 is 1.32 bits per heavy atom. The number of likely N-dealkylation sites (tertiary alicyclic amines) is 1. The van der Waals surface area contributed by atoms with Gasteiger partial charge in [-0.15, -0.1) is 0 Å². The third-order valence-electron chi connectivity index (χ3n) is 4.63. The summed E-state index contributed by atoms with van der Waals surface area (Å²) in [7, 11) is 0. The van der Waals surface area contributed by atoms with E-state index in [0.717, 1.165) is 32.7 Å². The number of hydrogen-bond donors (Lipinski definition) is 1. The topological polar surface area (TPSA) is 35.6 Å². The lowest BCUT2D eigenvalue weighted by Crippen LogP contribution is -2.55. The maximum Gasteiger partial charge on any atom is 0.239 e. The van der Waals surface area contributed by atoms with Gasteiger partial charge in [0.15, 0.2) is 0 Å². The first-order valence-electron chi connectivity index (χ1n) is 7.99. The van der Waals surface area contributed by atoms with Gasteiger partial charge in [0.2, 0.25) is 5.91 Å². The van der Waals surface area contributed by atoms with E-state index in [-0.39, 0.29) is 6.04 Å². The second-order valence-electron chi connectivity index (χ2n) is 5.89. The lowest BCUT2D eigenvalue weighted by molar-refractivity contribution is -0.138. The van der Waals surface area contributed by atoms with E-state index >= 15 is 0 Å². The lowest BCUT2D eigenvalue weighted by Gasteiger charge is -2.39. The normalized spacial score (nSPS) is 26.5. The van der Waals surface area contributed by atoms with E-state index in [1.54, 1.807) is 0 Å². The van der Waals surface area contributed by atoms with Crippen molar-refractivity contribution in [3.8, 4) is 0 Å². The second-order valence-corrected chi connectivity index (χ2v) is 5.89. The summed E-state index contributed by atoms with van der Waals surface area (Å²) < 4.78 is 0. The molecule has 2 aliphatic heterocycles.